The van der Waals surface area contributed by atoms with Crippen LogP contribution in [0, 0.1) is 0 Å². The van der Waals surface area contributed by atoms with Gasteiger partial charge in [0.15, 0.2) is 0 Å². The van der Waals surface area contributed by atoms with Crippen molar-refractivity contribution in [3.8, 4) is 0 Å². The molecule has 1 unspecified atom stereocenters. The Bertz CT molecular complexity index is 1140. The number of carbonyl (C=O) groups excluding carboxylic acids is 1. The molecule has 0 saturated heterocycles. The van der Waals surface area contributed by atoms with Crippen LogP contribution in [0.25, 0.3) is 17.0 Å². The lowest BCUT2D eigenvalue weighted by atomic mass is 10.1. The van der Waals surface area contributed by atoms with Crippen molar-refractivity contribution < 1.29 is 14.3 Å². The molecule has 174 valence electrons. The molecular weight excluding hydrogens is 418 g/mol. The zero-order chi connectivity index (χ0) is 23.6. The standard InChI is InChI=1S/C26H31N3O4/c1-20(25-27-23-13-8-7-12-22(23)26(31)29(25)17-19-33-3)28(16-9-18-32-2)24(30)15-14-21-10-5-4-6-11-21/h4-8,10-15,20H,9,16-19H2,1-3H3/b15-14+. The molecule has 1 aromatic heterocycles. The monoisotopic (exact) mass is 449 g/mol. The van der Waals surface area contributed by atoms with E-state index >= 15 is 0 Å². The van der Waals surface area contributed by atoms with E-state index in [0.717, 1.165) is 5.56 Å². The van der Waals surface area contributed by atoms with Gasteiger partial charge in [0.1, 0.15) is 5.82 Å². The van der Waals surface area contributed by atoms with Crippen LogP contribution in [-0.4, -0.2) is 54.3 Å². The maximum atomic E-state index is 13.3. The van der Waals surface area contributed by atoms with Crippen LogP contribution >= 0.6 is 0 Å². The molecule has 7 nitrogen and oxygen atoms in total. The van der Waals surface area contributed by atoms with E-state index in [2.05, 4.69) is 0 Å². The van der Waals surface area contributed by atoms with Crippen LogP contribution in [-0.2, 0) is 20.8 Å². The van der Waals surface area contributed by atoms with Crippen molar-refractivity contribution in [3.63, 3.8) is 0 Å². The van der Waals surface area contributed by atoms with Gasteiger partial charge in [0.25, 0.3) is 5.56 Å². The van der Waals surface area contributed by atoms with Crippen LogP contribution in [0.2, 0.25) is 0 Å². The first-order valence-electron chi connectivity index (χ1n) is 11.1. The Labute approximate surface area is 194 Å². The van der Waals surface area contributed by atoms with Crippen molar-refractivity contribution in [2.24, 2.45) is 0 Å². The van der Waals surface area contributed by atoms with Gasteiger partial charge in [0.05, 0.1) is 30.1 Å². The van der Waals surface area contributed by atoms with Crippen molar-refractivity contribution in [2.75, 3.05) is 34.0 Å². The Hall–Kier alpha value is -3.29. The molecule has 3 rings (SSSR count). The summed E-state index contributed by atoms with van der Waals surface area (Å²) in [6.07, 6.45) is 4.03. The van der Waals surface area contributed by atoms with Crippen molar-refractivity contribution in [1.82, 2.24) is 14.5 Å². The minimum atomic E-state index is -0.427. The Morgan fingerprint density at radius 2 is 1.76 bits per heavy atom. The van der Waals surface area contributed by atoms with Gasteiger partial charge in [0, 0.05) is 33.4 Å². The van der Waals surface area contributed by atoms with E-state index in [1.807, 2.05) is 55.5 Å². The van der Waals surface area contributed by atoms with Crippen molar-refractivity contribution >= 4 is 22.9 Å². The zero-order valence-electron chi connectivity index (χ0n) is 19.4. The van der Waals surface area contributed by atoms with Gasteiger partial charge in [-0.05, 0) is 37.1 Å². The zero-order valence-corrected chi connectivity index (χ0v) is 19.4. The number of rotatable bonds is 11. The Morgan fingerprint density at radius 1 is 1.06 bits per heavy atom. The summed E-state index contributed by atoms with van der Waals surface area (Å²) in [6.45, 7) is 3.62. The molecule has 1 atom stereocenters. The van der Waals surface area contributed by atoms with E-state index < -0.39 is 6.04 Å². The number of carbonyl (C=O) groups is 1. The second-order valence-corrected chi connectivity index (χ2v) is 7.73. The molecular formula is C26H31N3O4. The molecule has 0 spiro atoms. The average Bonchev–Trinajstić information content (AvgIpc) is 2.85. The summed E-state index contributed by atoms with van der Waals surface area (Å²) < 4.78 is 12.0. The van der Waals surface area contributed by atoms with Crippen molar-refractivity contribution in [2.45, 2.75) is 25.9 Å². The summed E-state index contributed by atoms with van der Waals surface area (Å²) in [5, 5.41) is 0.547. The quantitative estimate of drug-likeness (QED) is 0.330. The maximum absolute atomic E-state index is 13.3. The molecule has 1 heterocycles. The van der Waals surface area contributed by atoms with Gasteiger partial charge in [-0.15, -0.1) is 0 Å². The lowest BCUT2D eigenvalue weighted by Crippen LogP contribution is -2.38. The molecule has 0 bridgehead atoms. The third-order valence-electron chi connectivity index (χ3n) is 5.50. The third kappa shape index (κ3) is 6.15. The number of benzene rings is 2. The first kappa shape index (κ1) is 24.4. The van der Waals surface area contributed by atoms with Gasteiger partial charge in [-0.1, -0.05) is 42.5 Å². The topological polar surface area (TPSA) is 73.7 Å². The van der Waals surface area contributed by atoms with Crippen LogP contribution in [0.3, 0.4) is 0 Å². The second-order valence-electron chi connectivity index (χ2n) is 7.73. The second kappa shape index (κ2) is 12.1. The van der Waals surface area contributed by atoms with Crippen LogP contribution < -0.4 is 5.56 Å². The first-order chi connectivity index (χ1) is 16.1. The molecule has 3 aromatic rings. The van der Waals surface area contributed by atoms with E-state index in [9.17, 15) is 9.59 Å². The molecule has 0 fully saturated rings. The number of fused-ring (bicyclic) bond motifs is 1. The molecule has 0 saturated carbocycles. The highest BCUT2D eigenvalue weighted by molar-refractivity contribution is 5.92. The Kier molecular flexibility index (Phi) is 8.92. The van der Waals surface area contributed by atoms with E-state index in [1.165, 1.54) is 0 Å². The van der Waals surface area contributed by atoms with Gasteiger partial charge < -0.3 is 14.4 Å². The number of para-hydroxylation sites is 1. The lowest BCUT2D eigenvalue weighted by Gasteiger charge is -2.29. The molecule has 33 heavy (non-hydrogen) atoms. The molecule has 1 amide bonds. The van der Waals surface area contributed by atoms with E-state index in [0.29, 0.717) is 49.5 Å². The predicted octanol–water partition coefficient (Wildman–Crippen LogP) is 3.68. The fraction of sp³-hybridized carbons (Fsp3) is 0.346. The van der Waals surface area contributed by atoms with Crippen LogP contribution in [0.5, 0.6) is 0 Å². The summed E-state index contributed by atoms with van der Waals surface area (Å²) in [7, 11) is 3.23. The molecule has 0 aliphatic carbocycles. The number of amides is 1. The van der Waals surface area contributed by atoms with Crippen molar-refractivity contribution in [1.29, 1.82) is 0 Å². The minimum absolute atomic E-state index is 0.136. The average molecular weight is 450 g/mol. The lowest BCUT2D eigenvalue weighted by molar-refractivity contribution is -0.128. The van der Waals surface area contributed by atoms with Crippen LogP contribution in [0.1, 0.15) is 30.8 Å². The number of hydrogen-bond acceptors (Lipinski definition) is 5. The first-order valence-corrected chi connectivity index (χ1v) is 11.1. The fourth-order valence-corrected chi connectivity index (χ4v) is 3.74. The maximum Gasteiger partial charge on any atom is 0.261 e. The van der Waals surface area contributed by atoms with Gasteiger partial charge in [-0.2, -0.15) is 0 Å². The van der Waals surface area contributed by atoms with Crippen LogP contribution in [0.4, 0.5) is 0 Å². The highest BCUT2D eigenvalue weighted by Gasteiger charge is 2.25. The number of ether oxygens (including phenoxy) is 2. The highest BCUT2D eigenvalue weighted by Crippen LogP contribution is 2.21. The summed E-state index contributed by atoms with van der Waals surface area (Å²) >= 11 is 0. The Balaban J connectivity index is 2.00. The molecule has 0 N–H and O–H groups in total. The third-order valence-corrected chi connectivity index (χ3v) is 5.50. The molecule has 7 heteroatoms. The van der Waals surface area contributed by atoms with E-state index in [1.54, 1.807) is 41.9 Å². The number of methoxy groups -OCH3 is 2. The summed E-state index contributed by atoms with van der Waals surface area (Å²) in [4.78, 5) is 33.0. The highest BCUT2D eigenvalue weighted by atomic mass is 16.5. The molecule has 2 aromatic carbocycles. The molecule has 0 aliphatic rings. The van der Waals surface area contributed by atoms with Crippen molar-refractivity contribution in [3.05, 3.63) is 82.4 Å². The van der Waals surface area contributed by atoms with E-state index in [4.69, 9.17) is 14.5 Å². The van der Waals surface area contributed by atoms with Crippen LogP contribution in [0.15, 0.2) is 65.5 Å². The molecule has 0 radical (unpaired) electrons. The number of nitrogens with zero attached hydrogens (tertiary/aromatic N) is 3. The molecule has 0 aliphatic heterocycles. The predicted molar refractivity (Wildman–Crippen MR) is 130 cm³/mol. The summed E-state index contributed by atoms with van der Waals surface area (Å²) in [5.41, 5.74) is 1.42. The smallest absolute Gasteiger partial charge is 0.261 e. The van der Waals surface area contributed by atoms with Gasteiger partial charge in [-0.25, -0.2) is 4.98 Å². The minimum Gasteiger partial charge on any atom is -0.385 e. The largest absolute Gasteiger partial charge is 0.385 e. The van der Waals surface area contributed by atoms with E-state index in [-0.39, 0.29) is 11.5 Å². The summed E-state index contributed by atoms with van der Waals surface area (Å²) in [6, 6.07) is 16.5. The van der Waals surface area contributed by atoms with Gasteiger partial charge >= 0.3 is 0 Å². The number of hydrogen-bond donors (Lipinski definition) is 0. The normalized spacial score (nSPS) is 12.3. The summed E-state index contributed by atoms with van der Waals surface area (Å²) in [5.74, 6) is 0.387. The Morgan fingerprint density at radius 3 is 2.48 bits per heavy atom. The van der Waals surface area contributed by atoms with Gasteiger partial charge in [-0.3, -0.25) is 14.2 Å². The van der Waals surface area contributed by atoms with Gasteiger partial charge in [0.2, 0.25) is 5.91 Å². The number of aromatic nitrogens is 2. The fourth-order valence-electron chi connectivity index (χ4n) is 3.74. The SMILES string of the molecule is COCCCN(C(=O)/C=C/c1ccccc1)C(C)c1nc2ccccc2c(=O)n1CCOC.